The molecule has 0 saturated heterocycles. The van der Waals surface area contributed by atoms with E-state index in [1.165, 1.54) is 67.3 Å². The number of phenolic OH excluding ortho intramolecular Hbond substituents is 2. The van der Waals surface area contributed by atoms with Crippen LogP contribution >= 0.6 is 0 Å². The number of nitrogen functional groups attached to an aromatic ring is 2. The summed E-state index contributed by atoms with van der Waals surface area (Å²) in [5.74, 6) is -0.403. The van der Waals surface area contributed by atoms with E-state index in [0.29, 0.717) is 45.0 Å². The molecule has 0 aliphatic carbocycles. The number of benzene rings is 2. The number of ether oxygens (including phenoxy) is 2. The van der Waals surface area contributed by atoms with Crippen LogP contribution in [-0.2, 0) is 0 Å². The first-order valence-electron chi connectivity index (χ1n) is 11.7. The predicted molar refractivity (Wildman–Crippen MR) is 145 cm³/mol. The molecule has 4 aromatic rings. The van der Waals surface area contributed by atoms with Crippen molar-refractivity contribution in [1.82, 2.24) is 24.9 Å². The van der Waals surface area contributed by atoms with Gasteiger partial charge in [0.1, 0.15) is 17.8 Å². The van der Waals surface area contributed by atoms with Crippen LogP contribution in [0.15, 0.2) is 67.3 Å². The van der Waals surface area contributed by atoms with Gasteiger partial charge < -0.3 is 51.3 Å². The summed E-state index contributed by atoms with van der Waals surface area (Å²) >= 11 is 0. The van der Waals surface area contributed by atoms with E-state index < -0.39 is 0 Å². The molecule has 4 heterocycles. The molecule has 2 aromatic heterocycles. The molecular formula is C27H21N7O6. The second kappa shape index (κ2) is 9.33. The monoisotopic (exact) mass is 539 g/mol. The lowest BCUT2D eigenvalue weighted by molar-refractivity contribution is 0.396. The van der Waals surface area contributed by atoms with Gasteiger partial charge in [-0.2, -0.15) is 0 Å². The second-order valence-electron chi connectivity index (χ2n) is 8.76. The topological polar surface area (TPSA) is 222 Å². The molecule has 6 rings (SSSR count). The Morgan fingerprint density at radius 1 is 0.600 bits per heavy atom. The quantitative estimate of drug-likeness (QED) is 0.108. The molecule has 2 aliphatic rings. The van der Waals surface area contributed by atoms with Crippen molar-refractivity contribution >= 4 is 11.4 Å². The van der Waals surface area contributed by atoms with Gasteiger partial charge in [0.25, 0.3) is 0 Å². The third-order valence-electron chi connectivity index (χ3n) is 6.08. The fourth-order valence-corrected chi connectivity index (χ4v) is 4.15. The lowest BCUT2D eigenvalue weighted by Gasteiger charge is -2.07. The molecule has 200 valence electrons. The summed E-state index contributed by atoms with van der Waals surface area (Å²) in [6, 6.07) is 11.7. The number of aromatic amines is 2. The number of H-pyrrole nitrogens is 2. The maximum absolute atomic E-state index is 10.5. The highest BCUT2D eigenvalue weighted by Gasteiger charge is 2.22. The van der Waals surface area contributed by atoms with Crippen molar-refractivity contribution in [2.45, 2.75) is 0 Å². The number of aromatic nitrogens is 5. The molecule has 0 bridgehead atoms. The van der Waals surface area contributed by atoms with Gasteiger partial charge in [-0.3, -0.25) is 4.98 Å². The Morgan fingerprint density at radius 3 is 1.50 bits per heavy atom. The highest BCUT2D eigenvalue weighted by atomic mass is 16.5. The summed E-state index contributed by atoms with van der Waals surface area (Å²) in [7, 11) is 0. The number of phenols is 2. The van der Waals surface area contributed by atoms with Crippen LogP contribution in [0.5, 0.6) is 46.5 Å². The maximum Gasteiger partial charge on any atom is 0.242 e. The van der Waals surface area contributed by atoms with E-state index in [0.717, 1.165) is 0 Å². The molecule has 0 saturated carbocycles. The maximum atomic E-state index is 10.5. The van der Waals surface area contributed by atoms with Crippen LogP contribution in [-0.4, -0.2) is 45.3 Å². The number of rotatable bonds is 6. The van der Waals surface area contributed by atoms with E-state index >= 15 is 0 Å². The third-order valence-corrected chi connectivity index (χ3v) is 6.08. The summed E-state index contributed by atoms with van der Waals surface area (Å²) in [5, 5.41) is 40.7. The van der Waals surface area contributed by atoms with Crippen molar-refractivity contribution in [2.24, 2.45) is 0 Å². The molecule has 2 aromatic carbocycles. The number of aromatic hydroxyl groups is 4. The standard InChI is InChI=1S/C27H21N7O6/c28-18-3-1-12(35)5-14(18)20-7-22(37)26(33-20)39-24-16-9-30-10-17(16)25(32-11-31-24)40-27-23(38)8-21(34-27)15-6-13(36)2-4-19(15)29/h1-11,33-38H,28-29H2. The summed E-state index contributed by atoms with van der Waals surface area (Å²) in [4.78, 5) is 18.5. The summed E-state index contributed by atoms with van der Waals surface area (Å²) in [6.45, 7) is 0. The first-order chi connectivity index (χ1) is 19.3. The average molecular weight is 540 g/mol. The molecule has 0 amide bonds. The van der Waals surface area contributed by atoms with Crippen LogP contribution in [0.1, 0.15) is 0 Å². The highest BCUT2D eigenvalue weighted by Crippen LogP contribution is 2.43. The minimum absolute atomic E-state index is 0.00582. The van der Waals surface area contributed by atoms with Crippen LogP contribution in [0.2, 0.25) is 0 Å². The van der Waals surface area contributed by atoms with Gasteiger partial charge in [0.05, 0.1) is 22.5 Å². The van der Waals surface area contributed by atoms with Gasteiger partial charge in [0.2, 0.25) is 23.5 Å². The lowest BCUT2D eigenvalue weighted by Crippen LogP contribution is -1.92. The van der Waals surface area contributed by atoms with Crippen molar-refractivity contribution < 1.29 is 29.9 Å². The Bertz CT molecular complexity index is 1720. The summed E-state index contributed by atoms with van der Waals surface area (Å²) < 4.78 is 11.8. The molecule has 10 N–H and O–H groups in total. The van der Waals surface area contributed by atoms with Crippen molar-refractivity contribution in [3.63, 3.8) is 0 Å². The van der Waals surface area contributed by atoms with Crippen molar-refractivity contribution in [1.29, 1.82) is 0 Å². The van der Waals surface area contributed by atoms with Gasteiger partial charge in [-0.25, -0.2) is 9.97 Å². The van der Waals surface area contributed by atoms with Crippen LogP contribution in [0.25, 0.3) is 33.6 Å². The van der Waals surface area contributed by atoms with Crippen LogP contribution in [0, 0.1) is 0 Å². The molecule has 13 heteroatoms. The molecule has 13 nitrogen and oxygen atoms in total. The normalized spacial score (nSPS) is 11.1. The van der Waals surface area contributed by atoms with Crippen LogP contribution in [0.3, 0.4) is 0 Å². The van der Waals surface area contributed by atoms with E-state index in [2.05, 4.69) is 24.9 Å². The Balaban J connectivity index is 1.30. The fraction of sp³-hybridized carbons (Fsp3) is 0. The van der Waals surface area contributed by atoms with E-state index in [4.69, 9.17) is 20.9 Å². The van der Waals surface area contributed by atoms with E-state index in [9.17, 15) is 20.4 Å². The molecule has 2 aliphatic heterocycles. The van der Waals surface area contributed by atoms with Crippen LogP contribution in [0.4, 0.5) is 11.4 Å². The van der Waals surface area contributed by atoms with Gasteiger partial charge in [0, 0.05) is 47.0 Å². The van der Waals surface area contributed by atoms with Crippen molar-refractivity contribution in [3.05, 3.63) is 67.3 Å². The minimum atomic E-state index is -0.224. The lowest BCUT2D eigenvalue weighted by atomic mass is 10.1. The largest absolute Gasteiger partial charge is 0.508 e. The molecule has 0 atom stereocenters. The minimum Gasteiger partial charge on any atom is -0.508 e. The zero-order valence-corrected chi connectivity index (χ0v) is 20.5. The van der Waals surface area contributed by atoms with Gasteiger partial charge in [-0.1, -0.05) is 0 Å². The van der Waals surface area contributed by atoms with Gasteiger partial charge in [-0.15, -0.1) is 0 Å². The summed E-state index contributed by atoms with van der Waals surface area (Å²) in [5.41, 5.74) is 15.3. The highest BCUT2D eigenvalue weighted by molar-refractivity contribution is 5.79. The SMILES string of the molecule is Nc1ccc(O)cc1-c1cc(O)c(Oc2ncnc(Oc3[nH]c(-c4cc(O)ccc4N)cc3O)c3cncc2-3)[nH]1. The van der Waals surface area contributed by atoms with E-state index in [1.54, 1.807) is 0 Å². The Hall–Kier alpha value is -6.11. The van der Waals surface area contributed by atoms with Gasteiger partial charge in [0.15, 0.2) is 11.5 Å². The number of nitrogens with one attached hydrogen (secondary N) is 2. The number of hydrogen-bond acceptors (Lipinski definition) is 11. The smallest absolute Gasteiger partial charge is 0.242 e. The second-order valence-corrected chi connectivity index (χ2v) is 8.76. The van der Waals surface area contributed by atoms with Gasteiger partial charge >= 0.3 is 0 Å². The summed E-state index contributed by atoms with van der Waals surface area (Å²) in [6.07, 6.45) is 4.15. The number of hydrogen-bond donors (Lipinski definition) is 8. The zero-order valence-electron chi connectivity index (χ0n) is 20.5. The predicted octanol–water partition coefficient (Wildman–Crippen LogP) is 4.54. The number of anilines is 2. The van der Waals surface area contributed by atoms with Gasteiger partial charge in [-0.05, 0) is 36.4 Å². The van der Waals surface area contributed by atoms with Crippen molar-refractivity contribution in [3.8, 4) is 80.2 Å². The number of nitrogens with two attached hydrogens (primary N) is 2. The van der Waals surface area contributed by atoms with E-state index in [1.807, 2.05) is 0 Å². The Kier molecular flexibility index (Phi) is 5.65. The Morgan fingerprint density at radius 2 is 1.05 bits per heavy atom. The first kappa shape index (κ1) is 24.2. The molecule has 0 spiro atoms. The fourth-order valence-electron chi connectivity index (χ4n) is 4.15. The Labute approximate surface area is 225 Å². The first-order valence-corrected chi connectivity index (χ1v) is 11.7. The zero-order chi connectivity index (χ0) is 28.0. The van der Waals surface area contributed by atoms with E-state index in [-0.39, 0.29) is 46.5 Å². The number of fused-ring (bicyclic) bond motifs is 1. The number of nitrogens with zero attached hydrogens (tertiary/aromatic N) is 3. The van der Waals surface area contributed by atoms with Crippen LogP contribution < -0.4 is 20.9 Å². The average Bonchev–Trinajstić information content (AvgIpc) is 3.62. The molecule has 0 radical (unpaired) electrons. The third kappa shape index (κ3) is 4.32. The molecule has 0 unspecified atom stereocenters. The van der Waals surface area contributed by atoms with Crippen molar-refractivity contribution in [2.75, 3.05) is 11.5 Å². The molecular weight excluding hydrogens is 518 g/mol. The molecule has 0 fully saturated rings. The molecule has 40 heavy (non-hydrogen) atoms.